The van der Waals surface area contributed by atoms with Gasteiger partial charge in [0.05, 0.1) is 6.04 Å². The van der Waals surface area contributed by atoms with Crippen molar-refractivity contribution in [1.82, 2.24) is 5.32 Å². The first-order valence-electron chi connectivity index (χ1n) is 6.78. The molecule has 1 aliphatic rings. The van der Waals surface area contributed by atoms with Gasteiger partial charge < -0.3 is 5.32 Å². The molecule has 96 valence electrons. The predicted octanol–water partition coefficient (Wildman–Crippen LogP) is 4.46. The predicted molar refractivity (Wildman–Crippen MR) is 80.1 cm³/mol. The van der Waals surface area contributed by atoms with Crippen LogP contribution < -0.4 is 5.32 Å². The lowest BCUT2D eigenvalue weighted by Crippen LogP contribution is -2.23. The molecule has 0 saturated heterocycles. The van der Waals surface area contributed by atoms with Gasteiger partial charge in [0.25, 0.3) is 0 Å². The fourth-order valence-corrected chi connectivity index (χ4v) is 4.78. The van der Waals surface area contributed by atoms with Gasteiger partial charge in [-0.25, -0.2) is 0 Å². The van der Waals surface area contributed by atoms with Crippen LogP contribution in [-0.2, 0) is 0 Å². The molecule has 1 saturated carbocycles. The van der Waals surface area contributed by atoms with Crippen LogP contribution in [0.3, 0.4) is 0 Å². The lowest BCUT2D eigenvalue weighted by atomic mass is 10.0. The third-order valence-electron chi connectivity index (χ3n) is 3.39. The molecule has 0 bridgehead atoms. The average Bonchev–Trinajstić information content (AvgIpc) is 2.89. The van der Waals surface area contributed by atoms with Crippen LogP contribution in [0.2, 0.25) is 0 Å². The summed E-state index contributed by atoms with van der Waals surface area (Å²) in [6.07, 6.45) is 7.23. The molecule has 0 aromatic carbocycles. The van der Waals surface area contributed by atoms with Crippen molar-refractivity contribution in [3.8, 4) is 0 Å². The fourth-order valence-electron chi connectivity index (χ4n) is 2.44. The van der Waals surface area contributed by atoms with Gasteiger partial charge in [-0.15, -0.1) is 11.3 Å². The van der Waals surface area contributed by atoms with Crippen LogP contribution in [-0.4, -0.2) is 17.5 Å². The minimum atomic E-state index is 0.562. The molecule has 1 heterocycles. The quantitative estimate of drug-likeness (QED) is 0.818. The molecular formula is C14H23NS2. The van der Waals surface area contributed by atoms with E-state index in [0.717, 1.165) is 11.8 Å². The van der Waals surface area contributed by atoms with Crippen LogP contribution in [0.4, 0.5) is 0 Å². The SMILES string of the molecule is CCNC(CSC1CCCCC1)c1cccs1. The molecule has 0 spiro atoms. The van der Waals surface area contributed by atoms with Crippen LogP contribution in [0.1, 0.15) is 49.9 Å². The van der Waals surface area contributed by atoms with Gasteiger partial charge in [-0.05, 0) is 30.8 Å². The summed E-state index contributed by atoms with van der Waals surface area (Å²) in [4.78, 5) is 1.50. The Morgan fingerprint density at radius 2 is 2.24 bits per heavy atom. The second kappa shape index (κ2) is 7.45. The van der Waals surface area contributed by atoms with E-state index in [4.69, 9.17) is 0 Å². The van der Waals surface area contributed by atoms with Crippen LogP contribution >= 0.6 is 23.1 Å². The van der Waals surface area contributed by atoms with E-state index in [1.54, 1.807) is 0 Å². The Hall–Kier alpha value is 0.01000. The number of hydrogen-bond donors (Lipinski definition) is 1. The Labute approximate surface area is 113 Å². The maximum Gasteiger partial charge on any atom is 0.0506 e. The number of thioether (sulfide) groups is 1. The van der Waals surface area contributed by atoms with Crippen molar-refractivity contribution in [2.24, 2.45) is 0 Å². The second-order valence-corrected chi connectivity index (χ2v) is 7.03. The molecule has 2 rings (SSSR count). The lowest BCUT2D eigenvalue weighted by molar-refractivity contribution is 0.514. The molecule has 1 N–H and O–H groups in total. The molecule has 1 aliphatic carbocycles. The molecule has 1 aromatic heterocycles. The standard InChI is InChI=1S/C14H23NS2/c1-2-15-13(14-9-6-10-16-14)11-17-12-7-4-3-5-8-12/h6,9-10,12-13,15H,2-5,7-8,11H2,1H3. The molecule has 1 aromatic rings. The van der Waals surface area contributed by atoms with E-state index in [-0.39, 0.29) is 0 Å². The first-order valence-corrected chi connectivity index (χ1v) is 8.71. The minimum absolute atomic E-state index is 0.562. The Balaban J connectivity index is 1.81. The zero-order chi connectivity index (χ0) is 11.9. The van der Waals surface area contributed by atoms with Gasteiger partial charge in [-0.1, -0.05) is 32.3 Å². The lowest BCUT2D eigenvalue weighted by Gasteiger charge is -2.24. The monoisotopic (exact) mass is 269 g/mol. The van der Waals surface area contributed by atoms with Gasteiger partial charge in [0.2, 0.25) is 0 Å². The highest BCUT2D eigenvalue weighted by Crippen LogP contribution is 2.31. The van der Waals surface area contributed by atoms with Gasteiger partial charge in [-0.3, -0.25) is 0 Å². The Morgan fingerprint density at radius 3 is 2.88 bits per heavy atom. The second-order valence-electron chi connectivity index (χ2n) is 4.72. The summed E-state index contributed by atoms with van der Waals surface area (Å²) in [5, 5.41) is 6.72. The van der Waals surface area contributed by atoms with Crippen molar-refractivity contribution in [2.45, 2.75) is 50.3 Å². The van der Waals surface area contributed by atoms with Gasteiger partial charge in [0.15, 0.2) is 0 Å². The van der Waals surface area contributed by atoms with E-state index < -0.39 is 0 Å². The zero-order valence-corrected chi connectivity index (χ0v) is 12.3. The van der Waals surface area contributed by atoms with E-state index in [2.05, 4.69) is 41.5 Å². The zero-order valence-electron chi connectivity index (χ0n) is 10.7. The average molecular weight is 269 g/mol. The van der Waals surface area contributed by atoms with Crippen molar-refractivity contribution >= 4 is 23.1 Å². The summed E-state index contributed by atoms with van der Waals surface area (Å²) >= 11 is 4.07. The molecular weight excluding hydrogens is 246 g/mol. The molecule has 1 fully saturated rings. The molecule has 17 heavy (non-hydrogen) atoms. The first kappa shape index (κ1) is 13.4. The summed E-state index contributed by atoms with van der Waals surface area (Å²) in [6, 6.07) is 4.99. The van der Waals surface area contributed by atoms with E-state index in [1.165, 1.54) is 42.7 Å². The maximum atomic E-state index is 3.61. The number of nitrogens with one attached hydrogen (secondary N) is 1. The van der Waals surface area contributed by atoms with Gasteiger partial charge in [0.1, 0.15) is 0 Å². The normalized spacial score (nSPS) is 19.4. The van der Waals surface area contributed by atoms with Crippen LogP contribution in [0, 0.1) is 0 Å². The van der Waals surface area contributed by atoms with Crippen molar-refractivity contribution in [1.29, 1.82) is 0 Å². The van der Waals surface area contributed by atoms with E-state index >= 15 is 0 Å². The van der Waals surface area contributed by atoms with E-state index in [0.29, 0.717) is 6.04 Å². The molecule has 3 heteroatoms. The van der Waals surface area contributed by atoms with Crippen LogP contribution in [0.15, 0.2) is 17.5 Å². The summed E-state index contributed by atoms with van der Waals surface area (Å²) in [5.74, 6) is 1.24. The Bertz CT molecular complexity index is 291. The van der Waals surface area contributed by atoms with E-state index in [9.17, 15) is 0 Å². The molecule has 1 atom stereocenters. The van der Waals surface area contributed by atoms with Crippen molar-refractivity contribution in [3.63, 3.8) is 0 Å². The highest BCUT2D eigenvalue weighted by atomic mass is 32.2. The highest BCUT2D eigenvalue weighted by molar-refractivity contribution is 7.99. The smallest absolute Gasteiger partial charge is 0.0506 e. The topological polar surface area (TPSA) is 12.0 Å². The summed E-state index contributed by atoms with van der Waals surface area (Å²) in [7, 11) is 0. The fraction of sp³-hybridized carbons (Fsp3) is 0.714. The summed E-state index contributed by atoms with van der Waals surface area (Å²) in [6.45, 7) is 3.26. The third-order valence-corrected chi connectivity index (χ3v) is 5.84. The van der Waals surface area contributed by atoms with Crippen LogP contribution in [0.25, 0.3) is 0 Å². The molecule has 1 nitrogen and oxygen atoms in total. The molecule has 0 amide bonds. The Kier molecular flexibility index (Phi) is 5.89. The van der Waals surface area contributed by atoms with Gasteiger partial charge >= 0.3 is 0 Å². The Morgan fingerprint density at radius 1 is 1.41 bits per heavy atom. The number of rotatable bonds is 6. The molecule has 0 radical (unpaired) electrons. The molecule has 0 aliphatic heterocycles. The summed E-state index contributed by atoms with van der Waals surface area (Å²) in [5.41, 5.74) is 0. The summed E-state index contributed by atoms with van der Waals surface area (Å²) < 4.78 is 0. The first-order chi connectivity index (χ1) is 8.40. The van der Waals surface area contributed by atoms with E-state index in [1.807, 2.05) is 11.3 Å². The highest BCUT2D eigenvalue weighted by Gasteiger charge is 2.17. The van der Waals surface area contributed by atoms with Crippen molar-refractivity contribution in [3.05, 3.63) is 22.4 Å². The minimum Gasteiger partial charge on any atom is -0.309 e. The number of thiophene rings is 1. The van der Waals surface area contributed by atoms with Crippen molar-refractivity contribution in [2.75, 3.05) is 12.3 Å². The van der Waals surface area contributed by atoms with Gasteiger partial charge in [0, 0.05) is 15.9 Å². The van der Waals surface area contributed by atoms with Crippen LogP contribution in [0.5, 0.6) is 0 Å². The molecule has 1 unspecified atom stereocenters. The maximum absolute atomic E-state index is 3.61. The largest absolute Gasteiger partial charge is 0.309 e. The van der Waals surface area contributed by atoms with Crippen molar-refractivity contribution < 1.29 is 0 Å². The number of hydrogen-bond acceptors (Lipinski definition) is 3. The third kappa shape index (κ3) is 4.31. The van der Waals surface area contributed by atoms with Gasteiger partial charge in [-0.2, -0.15) is 11.8 Å².